The molecule has 3 unspecified atom stereocenters. The highest BCUT2D eigenvalue weighted by atomic mass is 32.1. The van der Waals surface area contributed by atoms with Gasteiger partial charge in [-0.15, -0.1) is 22.7 Å². The zero-order valence-electron chi connectivity index (χ0n) is 31.1. The lowest BCUT2D eigenvalue weighted by Crippen LogP contribution is -2.59. The minimum Gasteiger partial charge on any atom is -0.390 e. The Morgan fingerprint density at radius 1 is 0.768 bits per heavy atom. The molecule has 294 valence electrons. The van der Waals surface area contributed by atoms with Crippen LogP contribution in [0.3, 0.4) is 0 Å². The molecule has 1 aliphatic carbocycles. The number of ether oxygens (including phenoxy) is 2. The number of fused-ring (bicyclic) bond motifs is 1. The molecular weight excluding hydrogens is 755 g/mol. The van der Waals surface area contributed by atoms with Gasteiger partial charge in [0.15, 0.2) is 12.2 Å². The van der Waals surface area contributed by atoms with Crippen LogP contribution in [-0.2, 0) is 43.5 Å². The van der Waals surface area contributed by atoms with Crippen LogP contribution in [0, 0.1) is 5.92 Å². The molecule has 6 N–H and O–H groups in total. The largest absolute Gasteiger partial charge is 0.390 e. The first-order chi connectivity index (χ1) is 27.0. The average Bonchev–Trinajstić information content (AvgIpc) is 4.00. The van der Waals surface area contributed by atoms with Crippen LogP contribution in [0.25, 0.3) is 21.1 Å². The van der Waals surface area contributed by atoms with Crippen LogP contribution in [-0.4, -0.2) is 86.6 Å². The standard InChI is InChI=1S/C41H45N5O8S2/c1-23(2)31(37(50)42-3)45-38(51)35(53-21-24-8-12-26(13-9-24)40-43-16-18-55-40)33(48)34(49)36(39(52)46-32-29-7-5-4-6-28(29)20-30(32)47)54-22-25-10-14-27(15-11-25)41-44-17-19-56-41/h4-19,23,30-36,47-49H,20-22H2,1-3H3,(H,42,50)(H,45,51)(H,46,52)/t30?,31-,32-,33?,34?,35+,36+/m0/s1. The summed E-state index contributed by atoms with van der Waals surface area (Å²) >= 11 is 2.98. The molecule has 56 heavy (non-hydrogen) atoms. The summed E-state index contributed by atoms with van der Waals surface area (Å²) in [5.41, 5.74) is 4.67. The summed E-state index contributed by atoms with van der Waals surface area (Å²) in [7, 11) is 1.44. The fourth-order valence-electron chi connectivity index (χ4n) is 6.52. The van der Waals surface area contributed by atoms with Crippen molar-refractivity contribution in [3.8, 4) is 21.1 Å². The fourth-order valence-corrected chi connectivity index (χ4v) is 7.81. The van der Waals surface area contributed by atoms with Gasteiger partial charge in [0.05, 0.1) is 25.4 Å². The van der Waals surface area contributed by atoms with Crippen LogP contribution in [0.4, 0.5) is 0 Å². The summed E-state index contributed by atoms with van der Waals surface area (Å²) in [6.45, 7) is 3.18. The van der Waals surface area contributed by atoms with E-state index in [0.717, 1.165) is 32.3 Å². The SMILES string of the molecule is CNC(=O)[C@@H](NC(=O)[C@H](OCc1ccc(-c2nccs2)cc1)C(O)C(O)[C@@H](OCc1ccc(-c2nccs2)cc1)C(=O)N[C@H]1c2ccccc2CC1O)C(C)C. The van der Waals surface area contributed by atoms with E-state index in [0.29, 0.717) is 17.5 Å². The van der Waals surface area contributed by atoms with Crippen molar-refractivity contribution in [2.24, 2.45) is 5.92 Å². The predicted octanol–water partition coefficient (Wildman–Crippen LogP) is 3.79. The van der Waals surface area contributed by atoms with Gasteiger partial charge < -0.3 is 40.7 Å². The molecule has 15 heteroatoms. The Balaban J connectivity index is 1.26. The van der Waals surface area contributed by atoms with Crippen LogP contribution in [0.15, 0.2) is 96.0 Å². The smallest absolute Gasteiger partial charge is 0.252 e. The molecule has 1 aliphatic rings. The summed E-state index contributed by atoms with van der Waals surface area (Å²) in [5.74, 6) is -2.50. The van der Waals surface area contributed by atoms with Crippen LogP contribution >= 0.6 is 22.7 Å². The number of hydrogen-bond donors (Lipinski definition) is 6. The van der Waals surface area contributed by atoms with Gasteiger partial charge in [0.1, 0.15) is 28.3 Å². The van der Waals surface area contributed by atoms with Crippen molar-refractivity contribution < 1.29 is 39.2 Å². The van der Waals surface area contributed by atoms with E-state index in [-0.39, 0.29) is 19.1 Å². The third kappa shape index (κ3) is 9.73. The number of aliphatic hydroxyl groups excluding tert-OH is 3. The Hall–Kier alpha value is -4.87. The Bertz CT molecular complexity index is 2040. The first-order valence-corrected chi connectivity index (χ1v) is 19.9. The summed E-state index contributed by atoms with van der Waals surface area (Å²) in [4.78, 5) is 49.4. The molecule has 0 fully saturated rings. The second-order valence-electron chi connectivity index (χ2n) is 13.8. The van der Waals surface area contributed by atoms with Gasteiger partial charge in [0, 0.05) is 47.7 Å². The molecule has 0 saturated carbocycles. The molecule has 0 saturated heterocycles. The van der Waals surface area contributed by atoms with Gasteiger partial charge in [-0.2, -0.15) is 0 Å². The third-order valence-corrected chi connectivity index (χ3v) is 11.3. The molecule has 0 spiro atoms. The fraction of sp³-hybridized carbons (Fsp3) is 0.341. The van der Waals surface area contributed by atoms with Crippen molar-refractivity contribution in [2.75, 3.05) is 7.05 Å². The van der Waals surface area contributed by atoms with Gasteiger partial charge in [0.25, 0.3) is 11.8 Å². The van der Waals surface area contributed by atoms with Crippen molar-refractivity contribution in [3.05, 3.63) is 118 Å². The molecule has 7 atom stereocenters. The number of nitrogens with zero attached hydrogens (tertiary/aromatic N) is 2. The summed E-state index contributed by atoms with van der Waals surface area (Å²) < 4.78 is 12.1. The average molecular weight is 800 g/mol. The van der Waals surface area contributed by atoms with E-state index < -0.39 is 60.3 Å². The van der Waals surface area contributed by atoms with E-state index in [4.69, 9.17) is 9.47 Å². The second-order valence-corrected chi connectivity index (χ2v) is 15.6. The van der Waals surface area contributed by atoms with Crippen molar-refractivity contribution in [3.63, 3.8) is 0 Å². The molecule has 0 radical (unpaired) electrons. The predicted molar refractivity (Wildman–Crippen MR) is 212 cm³/mol. The maximum Gasteiger partial charge on any atom is 0.252 e. The lowest BCUT2D eigenvalue weighted by atomic mass is 9.98. The molecule has 3 aromatic carbocycles. The van der Waals surface area contributed by atoms with Crippen molar-refractivity contribution in [2.45, 2.75) is 76.1 Å². The van der Waals surface area contributed by atoms with Gasteiger partial charge in [-0.3, -0.25) is 14.4 Å². The zero-order valence-corrected chi connectivity index (χ0v) is 32.7. The highest BCUT2D eigenvalue weighted by Crippen LogP contribution is 2.32. The number of likely N-dealkylation sites (N-methyl/N-ethyl adjacent to an activating group) is 1. The number of thiazole rings is 2. The lowest BCUT2D eigenvalue weighted by Gasteiger charge is -2.32. The van der Waals surface area contributed by atoms with Crippen molar-refractivity contribution in [1.82, 2.24) is 25.9 Å². The zero-order chi connectivity index (χ0) is 39.8. The summed E-state index contributed by atoms with van der Waals surface area (Å²) in [6, 6.07) is 20.1. The quantitative estimate of drug-likeness (QED) is 0.0807. The Morgan fingerprint density at radius 3 is 1.77 bits per heavy atom. The maximum atomic E-state index is 14.1. The van der Waals surface area contributed by atoms with Gasteiger partial charge in [-0.25, -0.2) is 9.97 Å². The van der Waals surface area contributed by atoms with Crippen LogP contribution < -0.4 is 16.0 Å². The summed E-state index contributed by atoms with van der Waals surface area (Å²) in [6.07, 6.45) is -4.74. The number of aromatic nitrogens is 2. The van der Waals surface area contributed by atoms with E-state index in [1.807, 2.05) is 47.2 Å². The Morgan fingerprint density at radius 2 is 1.29 bits per heavy atom. The third-order valence-electron chi connectivity index (χ3n) is 9.61. The van der Waals surface area contributed by atoms with E-state index in [1.54, 1.807) is 62.6 Å². The van der Waals surface area contributed by atoms with Crippen LogP contribution in [0.5, 0.6) is 0 Å². The molecule has 0 bridgehead atoms. The van der Waals surface area contributed by atoms with E-state index in [1.165, 1.54) is 29.7 Å². The van der Waals surface area contributed by atoms with E-state index in [2.05, 4.69) is 25.9 Å². The Labute approximate surface area is 332 Å². The number of benzene rings is 3. The monoisotopic (exact) mass is 799 g/mol. The molecule has 2 heterocycles. The van der Waals surface area contributed by atoms with Crippen molar-refractivity contribution >= 4 is 40.4 Å². The van der Waals surface area contributed by atoms with Gasteiger partial charge >= 0.3 is 0 Å². The number of amides is 3. The van der Waals surface area contributed by atoms with Crippen molar-refractivity contribution in [1.29, 1.82) is 0 Å². The lowest BCUT2D eigenvalue weighted by molar-refractivity contribution is -0.171. The van der Waals surface area contributed by atoms with Crippen LogP contribution in [0.1, 0.15) is 42.1 Å². The summed E-state index contributed by atoms with van der Waals surface area (Å²) in [5, 5.41) is 48.0. The number of rotatable bonds is 17. The topological polar surface area (TPSA) is 192 Å². The first-order valence-electron chi connectivity index (χ1n) is 18.2. The number of hydrogen-bond acceptors (Lipinski definition) is 12. The number of aliphatic hydroxyl groups is 3. The first kappa shape index (κ1) is 40.8. The van der Waals surface area contributed by atoms with Gasteiger partial charge in [-0.1, -0.05) is 86.6 Å². The van der Waals surface area contributed by atoms with Gasteiger partial charge in [0.2, 0.25) is 5.91 Å². The maximum absolute atomic E-state index is 14.1. The second kappa shape index (κ2) is 18.8. The minimum absolute atomic E-state index is 0.154. The Kier molecular flexibility index (Phi) is 13.7. The normalized spacial score (nSPS) is 17.7. The molecular formula is C41H45N5O8S2. The van der Waals surface area contributed by atoms with E-state index >= 15 is 0 Å². The van der Waals surface area contributed by atoms with Gasteiger partial charge in [-0.05, 0) is 28.2 Å². The number of nitrogens with one attached hydrogen (secondary N) is 3. The molecule has 13 nitrogen and oxygen atoms in total. The molecule has 6 rings (SSSR count). The molecule has 0 aliphatic heterocycles. The number of carbonyl (C=O) groups excluding carboxylic acids is 3. The molecule has 5 aromatic rings. The van der Waals surface area contributed by atoms with Crippen LogP contribution in [0.2, 0.25) is 0 Å². The highest BCUT2D eigenvalue weighted by molar-refractivity contribution is 7.13. The molecule has 3 amide bonds. The minimum atomic E-state index is -2.02. The van der Waals surface area contributed by atoms with E-state index in [9.17, 15) is 29.7 Å². The molecule has 2 aromatic heterocycles. The highest BCUT2D eigenvalue weighted by Gasteiger charge is 2.43. The number of carbonyl (C=O) groups is 3.